The van der Waals surface area contributed by atoms with Gasteiger partial charge in [0, 0.05) is 0 Å². The summed E-state index contributed by atoms with van der Waals surface area (Å²) in [7, 11) is 0. The van der Waals surface area contributed by atoms with Gasteiger partial charge in [-0.15, -0.1) is 0 Å². The summed E-state index contributed by atoms with van der Waals surface area (Å²) in [6.45, 7) is 5.00. The second-order valence-electron chi connectivity index (χ2n) is 2.36. The normalized spacial score (nSPS) is 11.8. The monoisotopic (exact) mass is 173 g/mol. The molecule has 4 nitrogen and oxygen atoms in total. The first-order chi connectivity index (χ1) is 5.72. The van der Waals surface area contributed by atoms with E-state index in [1.54, 1.807) is 0 Å². The van der Waals surface area contributed by atoms with Gasteiger partial charge < -0.3 is 9.47 Å². The van der Waals surface area contributed by atoms with E-state index in [1.807, 2.05) is 6.92 Å². The minimum Gasteiger partial charge on any atom is -0.463 e. The topological polar surface area (TPSA) is 52.6 Å². The summed E-state index contributed by atoms with van der Waals surface area (Å²) in [6, 6.07) is 0. The first-order valence-electron chi connectivity index (χ1n) is 3.91. The zero-order chi connectivity index (χ0) is 9.40. The number of hydrogen-bond donors (Lipinski definition) is 0. The molecule has 12 heavy (non-hydrogen) atoms. The van der Waals surface area contributed by atoms with Crippen molar-refractivity contribution in [3.63, 3.8) is 0 Å². The Morgan fingerprint density at radius 2 is 2.25 bits per heavy atom. The molecule has 0 aliphatic rings. The summed E-state index contributed by atoms with van der Waals surface area (Å²) < 4.78 is 9.01. The summed E-state index contributed by atoms with van der Waals surface area (Å²) >= 11 is 0. The van der Waals surface area contributed by atoms with Crippen LogP contribution in [0.1, 0.15) is 26.7 Å². The smallest absolute Gasteiger partial charge is 0.418 e. The maximum Gasteiger partial charge on any atom is 0.418 e. The molecule has 0 saturated heterocycles. The molecule has 0 bridgehead atoms. The van der Waals surface area contributed by atoms with Gasteiger partial charge in [-0.25, -0.2) is 9.59 Å². The summed E-state index contributed by atoms with van der Waals surface area (Å²) in [5, 5.41) is 0. The van der Waals surface area contributed by atoms with Crippen molar-refractivity contribution >= 4 is 12.4 Å². The molecule has 0 aromatic rings. The fourth-order valence-corrected chi connectivity index (χ4v) is 0.555. The first-order valence-corrected chi connectivity index (χ1v) is 3.91. The number of ether oxygens (including phenoxy) is 2. The van der Waals surface area contributed by atoms with Gasteiger partial charge in [-0.3, -0.25) is 0 Å². The van der Waals surface area contributed by atoms with Gasteiger partial charge in [-0.05, 0) is 13.3 Å². The van der Waals surface area contributed by atoms with E-state index >= 15 is 0 Å². The van der Waals surface area contributed by atoms with E-state index in [-0.39, 0.29) is 0 Å². The molecule has 1 atom stereocenters. The quantitative estimate of drug-likeness (QED) is 0.440. The lowest BCUT2D eigenvalue weighted by molar-refractivity contribution is -0.151. The third-order valence-electron chi connectivity index (χ3n) is 1.30. The van der Waals surface area contributed by atoms with Gasteiger partial charge in [-0.2, -0.15) is 0 Å². The predicted octanol–water partition coefficient (Wildman–Crippen LogP) is 0.802. The predicted molar refractivity (Wildman–Crippen MR) is 42.1 cm³/mol. The third-order valence-corrected chi connectivity index (χ3v) is 1.30. The molecule has 1 radical (unpaired) electrons. The molecule has 0 aliphatic carbocycles. The average Bonchev–Trinajstić information content (AvgIpc) is 2.05. The van der Waals surface area contributed by atoms with Crippen molar-refractivity contribution in [3.05, 3.63) is 0 Å². The molecule has 0 aromatic carbocycles. The van der Waals surface area contributed by atoms with Crippen molar-refractivity contribution < 1.29 is 19.1 Å². The van der Waals surface area contributed by atoms with E-state index in [4.69, 9.17) is 4.74 Å². The van der Waals surface area contributed by atoms with Crippen LogP contribution < -0.4 is 0 Å². The van der Waals surface area contributed by atoms with E-state index in [2.05, 4.69) is 4.74 Å². The van der Waals surface area contributed by atoms with Gasteiger partial charge in [0.05, 0.1) is 6.61 Å². The van der Waals surface area contributed by atoms with Crippen LogP contribution in [0.25, 0.3) is 0 Å². The zero-order valence-corrected chi connectivity index (χ0v) is 7.33. The molecule has 0 aromatic heterocycles. The molecule has 69 valence electrons. The highest BCUT2D eigenvalue weighted by atomic mass is 16.6. The van der Waals surface area contributed by atoms with Crippen LogP contribution in [0.15, 0.2) is 0 Å². The number of hydrogen-bond acceptors (Lipinski definition) is 4. The van der Waals surface area contributed by atoms with Crippen LogP contribution in [0.3, 0.4) is 0 Å². The van der Waals surface area contributed by atoms with Gasteiger partial charge in [0.15, 0.2) is 6.10 Å². The SMILES string of the molecule is CCCCOC(=O)C(C)O[C]=O. The van der Waals surface area contributed by atoms with Crippen LogP contribution in [0.4, 0.5) is 0 Å². The number of carbonyl (C=O) groups is 1. The van der Waals surface area contributed by atoms with Gasteiger partial charge in [0.25, 0.3) is 0 Å². The Bertz CT molecular complexity index is 144. The maximum absolute atomic E-state index is 10.9. The second-order valence-corrected chi connectivity index (χ2v) is 2.36. The van der Waals surface area contributed by atoms with Gasteiger partial charge in [0.2, 0.25) is 0 Å². The van der Waals surface area contributed by atoms with Crippen LogP contribution in [-0.2, 0) is 19.1 Å². The molecule has 0 fully saturated rings. The minimum atomic E-state index is -0.848. The Morgan fingerprint density at radius 1 is 1.58 bits per heavy atom. The maximum atomic E-state index is 10.9. The lowest BCUT2D eigenvalue weighted by Crippen LogP contribution is -2.23. The highest BCUT2D eigenvalue weighted by molar-refractivity contribution is 5.75. The summed E-state index contributed by atoms with van der Waals surface area (Å²) in [6.07, 6.45) is 0.936. The fourth-order valence-electron chi connectivity index (χ4n) is 0.555. The molecule has 0 saturated carbocycles. The average molecular weight is 173 g/mol. The molecule has 1 unspecified atom stereocenters. The second kappa shape index (κ2) is 6.64. The van der Waals surface area contributed by atoms with E-state index in [0.717, 1.165) is 12.8 Å². The lowest BCUT2D eigenvalue weighted by atomic mass is 10.3. The molecule has 0 heterocycles. The Balaban J connectivity index is 3.49. The molecule has 4 heteroatoms. The molecule has 0 aliphatic heterocycles. The zero-order valence-electron chi connectivity index (χ0n) is 7.33. The van der Waals surface area contributed by atoms with Crippen molar-refractivity contribution in [3.8, 4) is 0 Å². The van der Waals surface area contributed by atoms with Gasteiger partial charge in [-0.1, -0.05) is 13.3 Å². The van der Waals surface area contributed by atoms with E-state index in [0.29, 0.717) is 6.61 Å². The first kappa shape index (κ1) is 10.9. The van der Waals surface area contributed by atoms with Gasteiger partial charge in [0.1, 0.15) is 0 Å². The van der Waals surface area contributed by atoms with Crippen molar-refractivity contribution in [2.45, 2.75) is 32.8 Å². The fraction of sp³-hybridized carbons (Fsp3) is 0.750. The number of esters is 1. The standard InChI is InChI=1S/C8H13O4/c1-3-4-5-11-8(10)7(2)12-6-9/h7H,3-5H2,1-2H3. The summed E-state index contributed by atoms with van der Waals surface area (Å²) in [4.78, 5) is 20.6. The van der Waals surface area contributed by atoms with Crippen LogP contribution in [0, 0.1) is 0 Å². The lowest BCUT2D eigenvalue weighted by Gasteiger charge is -2.07. The Hall–Kier alpha value is -1.06. The number of rotatable bonds is 6. The summed E-state index contributed by atoms with van der Waals surface area (Å²) in [5.41, 5.74) is 0. The summed E-state index contributed by atoms with van der Waals surface area (Å²) in [5.74, 6) is -0.521. The van der Waals surface area contributed by atoms with Crippen molar-refractivity contribution in [1.82, 2.24) is 0 Å². The molecular weight excluding hydrogens is 160 g/mol. The van der Waals surface area contributed by atoms with Crippen LogP contribution in [0.5, 0.6) is 0 Å². The van der Waals surface area contributed by atoms with Crippen molar-refractivity contribution in [2.24, 2.45) is 0 Å². The van der Waals surface area contributed by atoms with Crippen LogP contribution in [0.2, 0.25) is 0 Å². The van der Waals surface area contributed by atoms with E-state index < -0.39 is 12.1 Å². The van der Waals surface area contributed by atoms with Crippen LogP contribution >= 0.6 is 0 Å². The Morgan fingerprint density at radius 3 is 2.75 bits per heavy atom. The molecule has 0 spiro atoms. The molecule has 0 rings (SSSR count). The van der Waals surface area contributed by atoms with Crippen LogP contribution in [-0.4, -0.2) is 25.2 Å². The highest BCUT2D eigenvalue weighted by Crippen LogP contribution is 1.95. The number of carbonyl (C=O) groups excluding carboxylic acids is 2. The highest BCUT2D eigenvalue weighted by Gasteiger charge is 2.14. The third kappa shape index (κ3) is 4.71. The van der Waals surface area contributed by atoms with E-state index in [9.17, 15) is 9.59 Å². The van der Waals surface area contributed by atoms with Crippen molar-refractivity contribution in [2.75, 3.05) is 6.61 Å². The molecule has 0 amide bonds. The minimum absolute atomic E-state index is 0.377. The van der Waals surface area contributed by atoms with Crippen molar-refractivity contribution in [1.29, 1.82) is 0 Å². The van der Waals surface area contributed by atoms with E-state index in [1.165, 1.54) is 13.4 Å². The molecule has 0 N–H and O–H groups in total. The Kier molecular flexibility index (Phi) is 6.05. The number of unbranched alkanes of at least 4 members (excludes halogenated alkanes) is 1. The Labute approximate surface area is 71.8 Å². The van der Waals surface area contributed by atoms with Gasteiger partial charge >= 0.3 is 12.4 Å². The molecular formula is C8H13O4. The largest absolute Gasteiger partial charge is 0.463 e.